The van der Waals surface area contributed by atoms with E-state index in [0.717, 1.165) is 18.1 Å². The minimum absolute atomic E-state index is 0.0485. The van der Waals surface area contributed by atoms with E-state index in [1.54, 1.807) is 0 Å². The number of hydrogen-bond donors (Lipinski definition) is 1. The maximum absolute atomic E-state index is 13.1. The van der Waals surface area contributed by atoms with E-state index in [2.05, 4.69) is 11.9 Å². The summed E-state index contributed by atoms with van der Waals surface area (Å²) in [4.78, 5) is 14.9. The second-order valence-electron chi connectivity index (χ2n) is 5.50. The summed E-state index contributed by atoms with van der Waals surface area (Å²) in [6.07, 6.45) is 2.03. The molecule has 1 unspecified atom stereocenters. The Morgan fingerprint density at radius 3 is 2.68 bits per heavy atom. The van der Waals surface area contributed by atoms with Gasteiger partial charge in [-0.15, -0.1) is 0 Å². The van der Waals surface area contributed by atoms with Crippen LogP contribution in [0.4, 0.5) is 13.2 Å². The molecule has 1 N–H and O–H groups in total. The fourth-order valence-electron chi connectivity index (χ4n) is 2.59. The molecule has 114 valence electrons. The number of aromatic amines is 1. The Bertz CT molecular complexity index is 843. The zero-order chi connectivity index (χ0) is 15.9. The van der Waals surface area contributed by atoms with Crippen LogP contribution in [-0.2, 0) is 6.18 Å². The summed E-state index contributed by atoms with van der Waals surface area (Å²) < 4.78 is 39.4. The Balaban J connectivity index is 2.24. The molecule has 5 heteroatoms. The van der Waals surface area contributed by atoms with E-state index < -0.39 is 17.2 Å². The Kier molecular flexibility index (Phi) is 3.43. The minimum Gasteiger partial charge on any atom is -0.354 e. The van der Waals surface area contributed by atoms with E-state index in [-0.39, 0.29) is 10.9 Å². The molecule has 3 rings (SSSR count). The van der Waals surface area contributed by atoms with Gasteiger partial charge in [0.05, 0.1) is 11.1 Å². The van der Waals surface area contributed by atoms with Crippen LogP contribution >= 0.6 is 0 Å². The molecular formula is C17H14F3NO. The second kappa shape index (κ2) is 5.16. The first-order valence-corrected chi connectivity index (χ1v) is 6.98. The van der Waals surface area contributed by atoms with Crippen molar-refractivity contribution in [3.63, 3.8) is 0 Å². The number of alkyl halides is 3. The number of pyridine rings is 1. The lowest BCUT2D eigenvalue weighted by Gasteiger charge is -2.14. The van der Waals surface area contributed by atoms with E-state index in [9.17, 15) is 18.0 Å². The molecule has 0 saturated carbocycles. The van der Waals surface area contributed by atoms with Gasteiger partial charge in [-0.25, -0.2) is 0 Å². The summed E-state index contributed by atoms with van der Waals surface area (Å²) in [5.74, 6) is 0.390. The highest BCUT2D eigenvalue weighted by atomic mass is 19.4. The van der Waals surface area contributed by atoms with Gasteiger partial charge in [0, 0.05) is 17.1 Å². The first-order valence-electron chi connectivity index (χ1n) is 6.98. The molecule has 0 radical (unpaired) electrons. The number of halogens is 3. The summed E-state index contributed by atoms with van der Waals surface area (Å²) in [5.41, 5.74) is -0.239. The van der Waals surface area contributed by atoms with Crippen molar-refractivity contribution in [1.29, 1.82) is 0 Å². The highest BCUT2D eigenvalue weighted by Gasteiger charge is 2.33. The third kappa shape index (κ3) is 2.58. The van der Waals surface area contributed by atoms with Crippen molar-refractivity contribution in [3.8, 4) is 0 Å². The molecule has 0 spiro atoms. The Hall–Kier alpha value is -2.30. The zero-order valence-corrected chi connectivity index (χ0v) is 11.9. The van der Waals surface area contributed by atoms with Crippen molar-refractivity contribution in [2.24, 2.45) is 5.92 Å². The molecule has 2 nitrogen and oxygen atoms in total. The summed E-state index contributed by atoms with van der Waals surface area (Å²) >= 11 is 0. The fraction of sp³-hybridized carbons (Fsp3) is 0.235. The van der Waals surface area contributed by atoms with Crippen molar-refractivity contribution in [1.82, 2.24) is 4.98 Å². The van der Waals surface area contributed by atoms with E-state index in [1.807, 2.05) is 18.2 Å². The molecule has 1 heterocycles. The van der Waals surface area contributed by atoms with Crippen LogP contribution in [0.2, 0.25) is 0 Å². The normalized spacial score (nSPS) is 18.5. The average Bonchev–Trinajstić information content (AvgIpc) is 2.46. The number of rotatable bonds is 1. The van der Waals surface area contributed by atoms with Crippen molar-refractivity contribution in [2.75, 3.05) is 0 Å². The average molecular weight is 305 g/mol. The van der Waals surface area contributed by atoms with Crippen LogP contribution in [0.3, 0.4) is 0 Å². The van der Waals surface area contributed by atoms with Crippen LogP contribution < -0.4 is 5.43 Å². The van der Waals surface area contributed by atoms with Crippen LogP contribution in [0, 0.1) is 5.92 Å². The van der Waals surface area contributed by atoms with Crippen LogP contribution in [-0.4, -0.2) is 4.98 Å². The number of H-pyrrole nitrogens is 1. The molecule has 1 aromatic carbocycles. The molecule has 0 saturated heterocycles. The third-order valence-electron chi connectivity index (χ3n) is 3.80. The van der Waals surface area contributed by atoms with Crippen LogP contribution in [0.15, 0.2) is 47.3 Å². The minimum atomic E-state index is -4.51. The van der Waals surface area contributed by atoms with Crippen LogP contribution in [0.25, 0.3) is 16.5 Å². The molecule has 0 aliphatic heterocycles. The number of nitrogens with one attached hydrogen (secondary N) is 1. The van der Waals surface area contributed by atoms with E-state index >= 15 is 0 Å². The smallest absolute Gasteiger partial charge is 0.354 e. The van der Waals surface area contributed by atoms with E-state index in [4.69, 9.17) is 0 Å². The number of benzene rings is 1. The van der Waals surface area contributed by atoms with Gasteiger partial charge < -0.3 is 4.98 Å². The van der Waals surface area contributed by atoms with Gasteiger partial charge >= 0.3 is 6.18 Å². The Morgan fingerprint density at radius 2 is 2.05 bits per heavy atom. The van der Waals surface area contributed by atoms with Gasteiger partial charge in [-0.05, 0) is 30.0 Å². The van der Waals surface area contributed by atoms with Crippen molar-refractivity contribution in [3.05, 3.63) is 64.0 Å². The molecule has 1 aliphatic carbocycles. The van der Waals surface area contributed by atoms with Gasteiger partial charge in [0.1, 0.15) is 0 Å². The summed E-state index contributed by atoms with van der Waals surface area (Å²) in [6.45, 7) is 2.05. The Morgan fingerprint density at radius 1 is 1.27 bits per heavy atom. The molecule has 22 heavy (non-hydrogen) atoms. The van der Waals surface area contributed by atoms with Crippen LogP contribution in [0.1, 0.15) is 24.6 Å². The predicted molar refractivity (Wildman–Crippen MR) is 80.5 cm³/mol. The van der Waals surface area contributed by atoms with Gasteiger partial charge in [0.15, 0.2) is 5.43 Å². The number of allylic oxidation sites excluding steroid dienone is 4. The largest absolute Gasteiger partial charge is 0.418 e. The van der Waals surface area contributed by atoms with E-state index in [0.29, 0.717) is 11.6 Å². The van der Waals surface area contributed by atoms with Gasteiger partial charge in [-0.3, -0.25) is 4.79 Å². The van der Waals surface area contributed by atoms with Crippen molar-refractivity contribution < 1.29 is 13.2 Å². The van der Waals surface area contributed by atoms with Gasteiger partial charge in [-0.1, -0.05) is 31.2 Å². The Labute approximate surface area is 125 Å². The molecule has 1 aliphatic rings. The summed E-state index contributed by atoms with van der Waals surface area (Å²) in [7, 11) is 0. The summed E-state index contributed by atoms with van der Waals surface area (Å²) in [5, 5.41) is 0.0485. The quantitative estimate of drug-likeness (QED) is 0.825. The number of hydrogen-bond acceptors (Lipinski definition) is 1. The molecule has 1 aromatic heterocycles. The van der Waals surface area contributed by atoms with Gasteiger partial charge in [0.25, 0.3) is 0 Å². The molecular weight excluding hydrogens is 291 g/mol. The molecule has 0 fully saturated rings. The topological polar surface area (TPSA) is 32.9 Å². The van der Waals surface area contributed by atoms with Gasteiger partial charge in [-0.2, -0.15) is 13.2 Å². The maximum atomic E-state index is 13.1. The van der Waals surface area contributed by atoms with Crippen LogP contribution in [0.5, 0.6) is 0 Å². The highest BCUT2D eigenvalue weighted by Crippen LogP contribution is 2.33. The molecule has 1 atom stereocenters. The molecule has 0 amide bonds. The standard InChI is InChI=1S/C17H14F3NO/c1-10-5-7-11(8-6-10)14-9-15(22)12-3-2-4-13(16(12)21-14)17(18,19)20/h2-5,7-10H,6H2,1H3,(H,21,22). The fourth-order valence-corrected chi connectivity index (χ4v) is 2.59. The van der Waals surface area contributed by atoms with Crippen molar-refractivity contribution in [2.45, 2.75) is 19.5 Å². The summed E-state index contributed by atoms with van der Waals surface area (Å²) in [6, 6.07) is 4.99. The number of para-hydroxylation sites is 1. The lowest BCUT2D eigenvalue weighted by molar-refractivity contribution is -0.136. The highest BCUT2D eigenvalue weighted by molar-refractivity contribution is 5.85. The SMILES string of the molecule is CC1C=CC(c2cc(=O)c3cccc(C(F)(F)F)c3[nH]2)=CC1. The zero-order valence-electron chi connectivity index (χ0n) is 11.9. The van der Waals surface area contributed by atoms with Crippen molar-refractivity contribution >= 4 is 16.5 Å². The predicted octanol–water partition coefficient (Wildman–Crippen LogP) is 4.53. The molecule has 0 bridgehead atoms. The van der Waals surface area contributed by atoms with Gasteiger partial charge in [0.2, 0.25) is 0 Å². The van der Waals surface area contributed by atoms with E-state index in [1.165, 1.54) is 18.2 Å². The second-order valence-corrected chi connectivity index (χ2v) is 5.50. The number of aromatic nitrogens is 1. The first-order chi connectivity index (χ1) is 10.4. The maximum Gasteiger partial charge on any atom is 0.418 e. The lowest BCUT2D eigenvalue weighted by Crippen LogP contribution is -2.12. The lowest BCUT2D eigenvalue weighted by atomic mass is 9.96. The monoisotopic (exact) mass is 305 g/mol. The number of fused-ring (bicyclic) bond motifs is 1. The first kappa shape index (κ1) is 14.6. The molecule has 2 aromatic rings. The third-order valence-corrected chi connectivity index (χ3v) is 3.80.